The van der Waals surface area contributed by atoms with Gasteiger partial charge < -0.3 is 15.7 Å². The highest BCUT2D eigenvalue weighted by Gasteiger charge is 2.28. The van der Waals surface area contributed by atoms with Crippen LogP contribution in [0.3, 0.4) is 0 Å². The summed E-state index contributed by atoms with van der Waals surface area (Å²) in [5, 5.41) is 14.0. The SMILES string of the molecule is O=C(O)CCNC(=O)c1ccc(NC(=O)C2CCc3ccccc32)cc1. The van der Waals surface area contributed by atoms with Crippen molar-refractivity contribution in [2.75, 3.05) is 11.9 Å². The van der Waals surface area contributed by atoms with Crippen molar-refractivity contribution in [2.24, 2.45) is 0 Å². The van der Waals surface area contributed by atoms with E-state index >= 15 is 0 Å². The summed E-state index contributed by atoms with van der Waals surface area (Å²) in [5.41, 5.74) is 3.35. The van der Waals surface area contributed by atoms with Crippen LogP contribution in [-0.2, 0) is 16.0 Å². The molecule has 1 aliphatic rings. The largest absolute Gasteiger partial charge is 0.481 e. The third kappa shape index (κ3) is 4.08. The minimum atomic E-state index is -0.961. The van der Waals surface area contributed by atoms with Crippen LogP contribution in [0.15, 0.2) is 48.5 Å². The second-order valence-corrected chi connectivity index (χ2v) is 6.26. The summed E-state index contributed by atoms with van der Waals surface area (Å²) in [6.07, 6.45) is 1.59. The van der Waals surface area contributed by atoms with E-state index in [2.05, 4.69) is 16.7 Å². The number of benzene rings is 2. The molecule has 0 saturated heterocycles. The monoisotopic (exact) mass is 352 g/mol. The highest BCUT2D eigenvalue weighted by molar-refractivity contribution is 5.98. The summed E-state index contributed by atoms with van der Waals surface area (Å²) in [6.45, 7) is 0.0771. The van der Waals surface area contributed by atoms with Gasteiger partial charge in [0, 0.05) is 17.8 Å². The number of carbonyl (C=O) groups excluding carboxylic acids is 2. The van der Waals surface area contributed by atoms with Gasteiger partial charge in [-0.25, -0.2) is 0 Å². The van der Waals surface area contributed by atoms with Gasteiger partial charge in [-0.3, -0.25) is 14.4 Å². The zero-order valence-corrected chi connectivity index (χ0v) is 14.2. The van der Waals surface area contributed by atoms with Crippen molar-refractivity contribution in [3.63, 3.8) is 0 Å². The van der Waals surface area contributed by atoms with E-state index in [4.69, 9.17) is 5.11 Å². The molecule has 0 fully saturated rings. The fourth-order valence-corrected chi connectivity index (χ4v) is 3.15. The lowest BCUT2D eigenvalue weighted by atomic mass is 10.0. The first kappa shape index (κ1) is 17.7. The molecule has 26 heavy (non-hydrogen) atoms. The van der Waals surface area contributed by atoms with Crippen molar-refractivity contribution in [1.29, 1.82) is 0 Å². The fourth-order valence-electron chi connectivity index (χ4n) is 3.15. The molecule has 0 bridgehead atoms. The third-order valence-electron chi connectivity index (χ3n) is 4.49. The Morgan fingerprint density at radius 3 is 2.50 bits per heavy atom. The molecule has 2 aromatic carbocycles. The number of nitrogens with one attached hydrogen (secondary N) is 2. The fraction of sp³-hybridized carbons (Fsp3) is 0.250. The summed E-state index contributed by atoms with van der Waals surface area (Å²) in [7, 11) is 0. The van der Waals surface area contributed by atoms with Crippen LogP contribution >= 0.6 is 0 Å². The van der Waals surface area contributed by atoms with Crippen LogP contribution < -0.4 is 10.6 Å². The smallest absolute Gasteiger partial charge is 0.305 e. The molecule has 0 aliphatic heterocycles. The minimum absolute atomic E-state index is 0.0476. The molecule has 0 radical (unpaired) electrons. The van der Waals surface area contributed by atoms with Gasteiger partial charge in [-0.05, 0) is 48.2 Å². The van der Waals surface area contributed by atoms with E-state index < -0.39 is 5.97 Å². The van der Waals surface area contributed by atoms with Gasteiger partial charge in [-0.2, -0.15) is 0 Å². The van der Waals surface area contributed by atoms with Gasteiger partial charge in [0.25, 0.3) is 5.91 Å². The van der Waals surface area contributed by atoms with Crippen LogP contribution in [0.1, 0.15) is 40.2 Å². The highest BCUT2D eigenvalue weighted by Crippen LogP contribution is 2.33. The minimum Gasteiger partial charge on any atom is -0.481 e. The Kier molecular flexibility index (Phi) is 5.31. The number of carboxylic acids is 1. The van der Waals surface area contributed by atoms with Crippen molar-refractivity contribution in [3.05, 3.63) is 65.2 Å². The summed E-state index contributed by atoms with van der Waals surface area (Å²) >= 11 is 0. The molecule has 1 aliphatic carbocycles. The first-order valence-electron chi connectivity index (χ1n) is 8.53. The van der Waals surface area contributed by atoms with Crippen molar-refractivity contribution in [2.45, 2.75) is 25.2 Å². The molecule has 1 unspecified atom stereocenters. The maximum atomic E-state index is 12.6. The van der Waals surface area contributed by atoms with Crippen molar-refractivity contribution >= 4 is 23.5 Å². The lowest BCUT2D eigenvalue weighted by Crippen LogP contribution is -2.26. The molecular weight excluding hydrogens is 332 g/mol. The Hall–Kier alpha value is -3.15. The van der Waals surface area contributed by atoms with Gasteiger partial charge in [0.15, 0.2) is 0 Å². The van der Waals surface area contributed by atoms with Crippen LogP contribution in [0.25, 0.3) is 0 Å². The van der Waals surface area contributed by atoms with Gasteiger partial charge >= 0.3 is 5.97 Å². The van der Waals surface area contributed by atoms with E-state index in [9.17, 15) is 14.4 Å². The standard InChI is InChI=1S/C20H20N2O4/c23-18(24)11-12-21-19(25)14-5-8-15(9-6-14)22-20(26)17-10-7-13-3-1-2-4-16(13)17/h1-6,8-9,17H,7,10-12H2,(H,21,25)(H,22,26)(H,23,24). The molecule has 2 aromatic rings. The van der Waals surface area contributed by atoms with Gasteiger partial charge in [0.2, 0.25) is 5.91 Å². The number of rotatable bonds is 6. The number of anilines is 1. The summed E-state index contributed by atoms with van der Waals surface area (Å²) in [4.78, 5) is 34.9. The summed E-state index contributed by atoms with van der Waals surface area (Å²) in [6, 6.07) is 14.5. The van der Waals surface area contributed by atoms with E-state index in [1.807, 2.05) is 18.2 Å². The second-order valence-electron chi connectivity index (χ2n) is 6.26. The van der Waals surface area contributed by atoms with Gasteiger partial charge in [-0.15, -0.1) is 0 Å². The highest BCUT2D eigenvalue weighted by atomic mass is 16.4. The van der Waals surface area contributed by atoms with Crippen LogP contribution in [0.5, 0.6) is 0 Å². The molecule has 0 aromatic heterocycles. The van der Waals surface area contributed by atoms with Crippen LogP contribution in [-0.4, -0.2) is 29.4 Å². The number of amides is 2. The predicted molar refractivity (Wildman–Crippen MR) is 97.2 cm³/mol. The molecule has 3 rings (SSSR count). The maximum Gasteiger partial charge on any atom is 0.305 e. The van der Waals surface area contributed by atoms with E-state index in [0.29, 0.717) is 11.3 Å². The normalized spacial score (nSPS) is 15.2. The Labute approximate surface area is 151 Å². The quantitative estimate of drug-likeness (QED) is 0.744. The summed E-state index contributed by atoms with van der Waals surface area (Å²) in [5.74, 6) is -1.50. The van der Waals surface area contributed by atoms with Gasteiger partial charge in [-0.1, -0.05) is 24.3 Å². The van der Waals surface area contributed by atoms with Gasteiger partial charge in [0.05, 0.1) is 12.3 Å². The Morgan fingerprint density at radius 2 is 1.77 bits per heavy atom. The Balaban J connectivity index is 1.58. The van der Waals surface area contributed by atoms with E-state index in [-0.39, 0.29) is 30.7 Å². The number of carboxylic acid groups (broad SMARTS) is 1. The number of carbonyl (C=O) groups is 3. The van der Waals surface area contributed by atoms with Gasteiger partial charge in [0.1, 0.15) is 0 Å². The second kappa shape index (κ2) is 7.82. The van der Waals surface area contributed by atoms with Crippen LogP contribution in [0.4, 0.5) is 5.69 Å². The molecule has 1 atom stereocenters. The molecule has 0 heterocycles. The van der Waals surface area contributed by atoms with Crippen molar-refractivity contribution in [1.82, 2.24) is 5.32 Å². The topological polar surface area (TPSA) is 95.5 Å². The first-order valence-corrected chi connectivity index (χ1v) is 8.53. The lowest BCUT2D eigenvalue weighted by molar-refractivity contribution is -0.136. The number of fused-ring (bicyclic) bond motifs is 1. The average molecular weight is 352 g/mol. The molecule has 6 nitrogen and oxygen atoms in total. The molecular formula is C20H20N2O4. The predicted octanol–water partition coefficient (Wildman–Crippen LogP) is 2.56. The molecule has 134 valence electrons. The van der Waals surface area contributed by atoms with E-state index in [1.165, 1.54) is 5.56 Å². The lowest BCUT2D eigenvalue weighted by Gasteiger charge is -2.12. The average Bonchev–Trinajstić information content (AvgIpc) is 3.06. The Morgan fingerprint density at radius 1 is 1.04 bits per heavy atom. The first-order chi connectivity index (χ1) is 12.5. The number of aliphatic carboxylic acids is 1. The molecule has 0 saturated carbocycles. The number of hydrogen-bond donors (Lipinski definition) is 3. The zero-order chi connectivity index (χ0) is 18.5. The van der Waals surface area contributed by atoms with Crippen LogP contribution in [0, 0.1) is 0 Å². The molecule has 2 amide bonds. The third-order valence-corrected chi connectivity index (χ3v) is 4.49. The van der Waals surface area contributed by atoms with Crippen molar-refractivity contribution in [3.8, 4) is 0 Å². The number of hydrogen-bond acceptors (Lipinski definition) is 3. The number of aryl methyl sites for hydroxylation is 1. The zero-order valence-electron chi connectivity index (χ0n) is 14.2. The van der Waals surface area contributed by atoms with Crippen molar-refractivity contribution < 1.29 is 19.5 Å². The molecule has 0 spiro atoms. The van der Waals surface area contributed by atoms with Crippen LogP contribution in [0.2, 0.25) is 0 Å². The van der Waals surface area contributed by atoms with E-state index in [0.717, 1.165) is 18.4 Å². The summed E-state index contributed by atoms with van der Waals surface area (Å²) < 4.78 is 0. The Bertz CT molecular complexity index is 830. The molecule has 6 heteroatoms. The van der Waals surface area contributed by atoms with E-state index in [1.54, 1.807) is 24.3 Å². The maximum absolute atomic E-state index is 12.6. The molecule has 3 N–H and O–H groups in total.